The molecule has 23 heavy (non-hydrogen) atoms. The van der Waals surface area contributed by atoms with Crippen LogP contribution < -0.4 is 5.32 Å². The molecule has 1 N–H and O–H groups in total. The summed E-state index contributed by atoms with van der Waals surface area (Å²) in [6, 6.07) is 1.48. The summed E-state index contributed by atoms with van der Waals surface area (Å²) >= 11 is 0. The molecule has 1 heteroatoms. The van der Waals surface area contributed by atoms with Crippen molar-refractivity contribution >= 4 is 0 Å². The smallest absolute Gasteiger partial charge is 0.00952 e. The van der Waals surface area contributed by atoms with Crippen LogP contribution in [-0.2, 0) is 0 Å². The third kappa shape index (κ3) is 8.57. The van der Waals surface area contributed by atoms with Crippen LogP contribution in [0.25, 0.3) is 0 Å². The zero-order chi connectivity index (χ0) is 17.1. The van der Waals surface area contributed by atoms with Crippen LogP contribution in [-0.4, -0.2) is 12.1 Å². The Bertz CT molecular complexity index is 275. The van der Waals surface area contributed by atoms with E-state index in [1.165, 1.54) is 77.0 Å². The molecule has 0 heterocycles. The van der Waals surface area contributed by atoms with E-state index in [4.69, 9.17) is 0 Å². The summed E-state index contributed by atoms with van der Waals surface area (Å²) in [5.41, 5.74) is 0. The summed E-state index contributed by atoms with van der Waals surface area (Å²) < 4.78 is 0. The fraction of sp³-hybridized carbons (Fsp3) is 1.00. The maximum atomic E-state index is 4.03. The van der Waals surface area contributed by atoms with Crippen LogP contribution in [0.3, 0.4) is 0 Å². The van der Waals surface area contributed by atoms with Crippen molar-refractivity contribution < 1.29 is 0 Å². The van der Waals surface area contributed by atoms with Crippen molar-refractivity contribution in [3.8, 4) is 0 Å². The summed E-state index contributed by atoms with van der Waals surface area (Å²) in [5, 5.41) is 4.03. The lowest BCUT2D eigenvalue weighted by Crippen LogP contribution is -2.45. The van der Waals surface area contributed by atoms with Gasteiger partial charge in [0, 0.05) is 12.1 Å². The van der Waals surface area contributed by atoms with Crippen LogP contribution in [0.15, 0.2) is 0 Å². The third-order valence-corrected chi connectivity index (χ3v) is 6.29. The average molecular weight is 324 g/mol. The number of hydrogen-bond donors (Lipinski definition) is 1. The molecule has 1 saturated carbocycles. The second-order valence-electron chi connectivity index (χ2n) is 8.55. The Kier molecular flexibility index (Phi) is 11.3. The predicted octanol–water partition coefficient (Wildman–Crippen LogP) is 6.96. The van der Waals surface area contributed by atoms with Crippen molar-refractivity contribution in [2.45, 2.75) is 124 Å². The Balaban J connectivity index is 2.36. The van der Waals surface area contributed by atoms with Gasteiger partial charge < -0.3 is 5.32 Å². The molecule has 0 aromatic carbocycles. The third-order valence-electron chi connectivity index (χ3n) is 6.29. The lowest BCUT2D eigenvalue weighted by molar-refractivity contribution is 0.217. The highest BCUT2D eigenvalue weighted by atomic mass is 15.0. The first-order chi connectivity index (χ1) is 11.1. The molecule has 1 nitrogen and oxygen atoms in total. The molecule has 0 aromatic rings. The quantitative estimate of drug-likeness (QED) is 0.383. The first kappa shape index (κ1) is 21.0. The second kappa shape index (κ2) is 12.3. The Morgan fingerprint density at radius 1 is 0.870 bits per heavy atom. The molecule has 1 rings (SSSR count). The van der Waals surface area contributed by atoms with Crippen LogP contribution in [0.4, 0.5) is 0 Å². The SMILES string of the molecule is CCCCCC(C)CCC(CCC)C(C)NC1CCCCC1C. The minimum Gasteiger partial charge on any atom is -0.311 e. The van der Waals surface area contributed by atoms with Crippen LogP contribution >= 0.6 is 0 Å². The largest absolute Gasteiger partial charge is 0.311 e. The van der Waals surface area contributed by atoms with Gasteiger partial charge in [-0.3, -0.25) is 0 Å². The van der Waals surface area contributed by atoms with E-state index < -0.39 is 0 Å². The van der Waals surface area contributed by atoms with Crippen LogP contribution in [0.1, 0.15) is 112 Å². The van der Waals surface area contributed by atoms with Gasteiger partial charge in [-0.1, -0.05) is 79.1 Å². The van der Waals surface area contributed by atoms with E-state index in [0.29, 0.717) is 6.04 Å². The number of nitrogens with one attached hydrogen (secondary N) is 1. The zero-order valence-corrected chi connectivity index (χ0v) is 16.9. The van der Waals surface area contributed by atoms with Crippen molar-refractivity contribution in [1.29, 1.82) is 0 Å². The maximum absolute atomic E-state index is 4.03. The monoisotopic (exact) mass is 323 g/mol. The van der Waals surface area contributed by atoms with Crippen molar-refractivity contribution in [2.24, 2.45) is 17.8 Å². The normalized spacial score (nSPS) is 26.0. The van der Waals surface area contributed by atoms with Gasteiger partial charge in [-0.05, 0) is 50.4 Å². The summed E-state index contributed by atoms with van der Waals surface area (Å²) in [7, 11) is 0. The van der Waals surface area contributed by atoms with Gasteiger partial charge in [-0.25, -0.2) is 0 Å². The maximum Gasteiger partial charge on any atom is 0.00952 e. The molecular formula is C22H45N. The van der Waals surface area contributed by atoms with Crippen LogP contribution in [0.5, 0.6) is 0 Å². The second-order valence-corrected chi connectivity index (χ2v) is 8.55. The molecule has 0 amide bonds. The molecule has 1 aliphatic carbocycles. The first-order valence-electron chi connectivity index (χ1n) is 10.8. The summed E-state index contributed by atoms with van der Waals surface area (Å²) in [6.45, 7) is 12.0. The molecule has 0 radical (unpaired) electrons. The predicted molar refractivity (Wildman–Crippen MR) is 105 cm³/mol. The molecule has 0 bridgehead atoms. The lowest BCUT2D eigenvalue weighted by atomic mass is 9.83. The Hall–Kier alpha value is -0.0400. The Morgan fingerprint density at radius 3 is 2.26 bits per heavy atom. The van der Waals surface area contributed by atoms with E-state index >= 15 is 0 Å². The first-order valence-corrected chi connectivity index (χ1v) is 10.8. The Labute approximate surface area is 147 Å². The van der Waals surface area contributed by atoms with E-state index in [1.807, 2.05) is 0 Å². The molecule has 0 spiro atoms. The summed E-state index contributed by atoms with van der Waals surface area (Å²) in [6.07, 6.45) is 16.9. The summed E-state index contributed by atoms with van der Waals surface area (Å²) in [5.74, 6) is 2.67. The molecule has 0 aromatic heterocycles. The minimum atomic E-state index is 0.698. The molecule has 1 aliphatic rings. The highest BCUT2D eigenvalue weighted by Crippen LogP contribution is 2.27. The van der Waals surface area contributed by atoms with Gasteiger partial charge in [0.15, 0.2) is 0 Å². The van der Waals surface area contributed by atoms with E-state index in [-0.39, 0.29) is 0 Å². The molecule has 0 aliphatic heterocycles. The van der Waals surface area contributed by atoms with Gasteiger partial charge in [0.2, 0.25) is 0 Å². The van der Waals surface area contributed by atoms with Crippen LogP contribution in [0.2, 0.25) is 0 Å². The highest BCUT2D eigenvalue weighted by molar-refractivity contribution is 4.83. The Morgan fingerprint density at radius 2 is 1.61 bits per heavy atom. The van der Waals surface area contributed by atoms with Crippen molar-refractivity contribution in [3.63, 3.8) is 0 Å². The van der Waals surface area contributed by atoms with Gasteiger partial charge in [-0.2, -0.15) is 0 Å². The topological polar surface area (TPSA) is 12.0 Å². The summed E-state index contributed by atoms with van der Waals surface area (Å²) in [4.78, 5) is 0. The van der Waals surface area contributed by atoms with Crippen molar-refractivity contribution in [3.05, 3.63) is 0 Å². The number of rotatable bonds is 12. The lowest BCUT2D eigenvalue weighted by Gasteiger charge is -2.35. The van der Waals surface area contributed by atoms with Gasteiger partial charge in [0.1, 0.15) is 0 Å². The van der Waals surface area contributed by atoms with Gasteiger partial charge in [-0.15, -0.1) is 0 Å². The van der Waals surface area contributed by atoms with E-state index in [0.717, 1.165) is 23.8 Å². The molecule has 1 fully saturated rings. The molecule has 0 saturated heterocycles. The van der Waals surface area contributed by atoms with E-state index in [1.54, 1.807) is 0 Å². The average Bonchev–Trinajstić information content (AvgIpc) is 2.53. The number of hydrogen-bond acceptors (Lipinski definition) is 1. The van der Waals surface area contributed by atoms with Crippen molar-refractivity contribution in [1.82, 2.24) is 5.32 Å². The molecule has 5 unspecified atom stereocenters. The molecule has 138 valence electrons. The number of unbranched alkanes of at least 4 members (excludes halogenated alkanes) is 2. The van der Waals surface area contributed by atoms with Crippen LogP contribution in [0, 0.1) is 17.8 Å². The fourth-order valence-electron chi connectivity index (χ4n) is 4.44. The fourth-order valence-corrected chi connectivity index (χ4v) is 4.44. The van der Waals surface area contributed by atoms with E-state index in [9.17, 15) is 0 Å². The van der Waals surface area contributed by atoms with Gasteiger partial charge >= 0.3 is 0 Å². The highest BCUT2D eigenvalue weighted by Gasteiger charge is 2.25. The van der Waals surface area contributed by atoms with Crippen molar-refractivity contribution in [2.75, 3.05) is 0 Å². The zero-order valence-electron chi connectivity index (χ0n) is 16.9. The van der Waals surface area contributed by atoms with Gasteiger partial charge in [0.05, 0.1) is 0 Å². The molecular weight excluding hydrogens is 278 g/mol. The minimum absolute atomic E-state index is 0.698. The van der Waals surface area contributed by atoms with E-state index in [2.05, 4.69) is 39.9 Å². The standard InChI is InChI=1S/C22H45N/c1-6-8-9-13-18(3)16-17-21(12-7-2)20(5)23-22-15-11-10-14-19(22)4/h18-23H,6-17H2,1-5H3. The molecule has 5 atom stereocenters. The van der Waals surface area contributed by atoms with Gasteiger partial charge in [0.25, 0.3) is 0 Å².